The SMILES string of the molecule is CCCCN(C)c1ncncc1C(=O)O. The number of nitrogens with zero attached hydrogens (tertiary/aromatic N) is 3. The summed E-state index contributed by atoms with van der Waals surface area (Å²) in [6, 6.07) is 0. The predicted octanol–water partition coefficient (Wildman–Crippen LogP) is 1.41. The number of rotatable bonds is 5. The van der Waals surface area contributed by atoms with E-state index in [2.05, 4.69) is 16.9 Å². The molecule has 1 heterocycles. The van der Waals surface area contributed by atoms with E-state index in [0.717, 1.165) is 19.4 Å². The highest BCUT2D eigenvalue weighted by atomic mass is 16.4. The Morgan fingerprint density at radius 1 is 1.60 bits per heavy atom. The van der Waals surface area contributed by atoms with E-state index in [1.165, 1.54) is 12.5 Å². The number of hydrogen-bond donors (Lipinski definition) is 1. The first-order chi connectivity index (χ1) is 7.16. The molecule has 5 heteroatoms. The molecule has 5 nitrogen and oxygen atoms in total. The molecule has 0 aliphatic carbocycles. The molecule has 0 bridgehead atoms. The van der Waals surface area contributed by atoms with Gasteiger partial charge >= 0.3 is 5.97 Å². The molecule has 0 fully saturated rings. The molecule has 1 N–H and O–H groups in total. The average Bonchev–Trinajstić information content (AvgIpc) is 2.25. The standard InChI is InChI=1S/C10H15N3O2/c1-3-4-5-13(2)9-8(10(14)15)6-11-7-12-9/h6-7H,3-5H2,1-2H3,(H,14,15). The van der Waals surface area contributed by atoms with Gasteiger partial charge in [-0.25, -0.2) is 14.8 Å². The Morgan fingerprint density at radius 3 is 2.93 bits per heavy atom. The second-order valence-electron chi connectivity index (χ2n) is 3.34. The molecule has 0 saturated heterocycles. The summed E-state index contributed by atoms with van der Waals surface area (Å²) in [5, 5.41) is 8.93. The molecule has 0 unspecified atom stereocenters. The molecule has 0 saturated carbocycles. The first-order valence-corrected chi connectivity index (χ1v) is 4.91. The fourth-order valence-electron chi connectivity index (χ4n) is 1.28. The van der Waals surface area contributed by atoms with Gasteiger partial charge in [-0.3, -0.25) is 0 Å². The molecule has 1 aromatic rings. The first kappa shape index (κ1) is 11.4. The van der Waals surface area contributed by atoms with Gasteiger partial charge in [0.2, 0.25) is 0 Å². The number of carboxylic acid groups (broad SMARTS) is 1. The van der Waals surface area contributed by atoms with Gasteiger partial charge in [-0.2, -0.15) is 0 Å². The van der Waals surface area contributed by atoms with Crippen LogP contribution in [0.15, 0.2) is 12.5 Å². The van der Waals surface area contributed by atoms with Gasteiger partial charge in [-0.1, -0.05) is 13.3 Å². The third-order valence-electron chi connectivity index (χ3n) is 2.13. The van der Waals surface area contributed by atoms with E-state index in [0.29, 0.717) is 5.82 Å². The van der Waals surface area contributed by atoms with Crippen LogP contribution in [0.3, 0.4) is 0 Å². The third kappa shape index (κ3) is 2.90. The highest BCUT2D eigenvalue weighted by Crippen LogP contribution is 2.14. The van der Waals surface area contributed by atoms with Gasteiger partial charge in [0.05, 0.1) is 0 Å². The molecule has 0 spiro atoms. The summed E-state index contributed by atoms with van der Waals surface area (Å²) < 4.78 is 0. The van der Waals surface area contributed by atoms with E-state index >= 15 is 0 Å². The number of anilines is 1. The molecule has 0 aliphatic heterocycles. The maximum atomic E-state index is 10.9. The summed E-state index contributed by atoms with van der Waals surface area (Å²) in [6.45, 7) is 2.89. The summed E-state index contributed by atoms with van der Waals surface area (Å²) in [4.78, 5) is 20.4. The van der Waals surface area contributed by atoms with Gasteiger partial charge in [0.1, 0.15) is 17.7 Å². The van der Waals surface area contributed by atoms with Crippen molar-refractivity contribution in [3.63, 3.8) is 0 Å². The van der Waals surface area contributed by atoms with Crippen LogP contribution >= 0.6 is 0 Å². The number of aromatic nitrogens is 2. The second-order valence-corrected chi connectivity index (χ2v) is 3.34. The number of unbranched alkanes of at least 4 members (excludes halogenated alkanes) is 1. The smallest absolute Gasteiger partial charge is 0.341 e. The lowest BCUT2D eigenvalue weighted by Crippen LogP contribution is -2.22. The molecule has 0 atom stereocenters. The number of hydrogen-bond acceptors (Lipinski definition) is 4. The third-order valence-corrected chi connectivity index (χ3v) is 2.13. The van der Waals surface area contributed by atoms with E-state index in [1.807, 2.05) is 11.9 Å². The van der Waals surface area contributed by atoms with Crippen molar-refractivity contribution in [2.75, 3.05) is 18.5 Å². The fourth-order valence-corrected chi connectivity index (χ4v) is 1.28. The summed E-state index contributed by atoms with van der Waals surface area (Å²) in [6.07, 6.45) is 4.77. The molecule has 1 rings (SSSR count). The Bertz CT molecular complexity index is 341. The Labute approximate surface area is 88.8 Å². The molecule has 0 amide bonds. The largest absolute Gasteiger partial charge is 0.477 e. The van der Waals surface area contributed by atoms with Crippen molar-refractivity contribution in [3.05, 3.63) is 18.1 Å². The van der Waals surface area contributed by atoms with E-state index in [4.69, 9.17) is 5.11 Å². The van der Waals surface area contributed by atoms with E-state index in [1.54, 1.807) is 0 Å². The minimum absolute atomic E-state index is 0.149. The highest BCUT2D eigenvalue weighted by molar-refractivity contribution is 5.92. The van der Waals surface area contributed by atoms with Crippen LogP contribution in [0.25, 0.3) is 0 Å². The fraction of sp³-hybridized carbons (Fsp3) is 0.500. The Hall–Kier alpha value is -1.65. The van der Waals surface area contributed by atoms with Crippen LogP contribution < -0.4 is 4.90 Å². The monoisotopic (exact) mass is 209 g/mol. The minimum atomic E-state index is -0.992. The first-order valence-electron chi connectivity index (χ1n) is 4.91. The number of aromatic carboxylic acids is 1. The zero-order chi connectivity index (χ0) is 11.3. The number of carboxylic acids is 1. The van der Waals surface area contributed by atoms with Crippen LogP contribution in [0.1, 0.15) is 30.1 Å². The van der Waals surface area contributed by atoms with Gasteiger partial charge in [0.15, 0.2) is 0 Å². The zero-order valence-corrected chi connectivity index (χ0v) is 8.97. The molecule has 1 aromatic heterocycles. The Kier molecular flexibility index (Phi) is 4.03. The average molecular weight is 209 g/mol. The quantitative estimate of drug-likeness (QED) is 0.794. The maximum absolute atomic E-state index is 10.9. The van der Waals surface area contributed by atoms with Crippen molar-refractivity contribution >= 4 is 11.8 Å². The predicted molar refractivity (Wildman–Crippen MR) is 57.2 cm³/mol. The minimum Gasteiger partial charge on any atom is -0.477 e. The van der Waals surface area contributed by atoms with Crippen LogP contribution in [0, 0.1) is 0 Å². The molecule has 82 valence electrons. The zero-order valence-electron chi connectivity index (χ0n) is 8.97. The summed E-state index contributed by atoms with van der Waals surface area (Å²) in [5.41, 5.74) is 0.149. The van der Waals surface area contributed by atoms with Crippen LogP contribution in [-0.4, -0.2) is 34.6 Å². The lowest BCUT2D eigenvalue weighted by atomic mass is 10.2. The van der Waals surface area contributed by atoms with E-state index in [9.17, 15) is 4.79 Å². The molecule has 0 radical (unpaired) electrons. The lowest BCUT2D eigenvalue weighted by molar-refractivity contribution is 0.0696. The molecular formula is C10H15N3O2. The summed E-state index contributed by atoms with van der Waals surface area (Å²) in [7, 11) is 1.84. The van der Waals surface area contributed by atoms with E-state index < -0.39 is 5.97 Å². The van der Waals surface area contributed by atoms with Gasteiger partial charge < -0.3 is 10.0 Å². The van der Waals surface area contributed by atoms with Crippen LogP contribution in [-0.2, 0) is 0 Å². The summed E-state index contributed by atoms with van der Waals surface area (Å²) >= 11 is 0. The second kappa shape index (κ2) is 5.29. The van der Waals surface area contributed by atoms with Crippen LogP contribution in [0.5, 0.6) is 0 Å². The van der Waals surface area contributed by atoms with Gasteiger partial charge in [-0.15, -0.1) is 0 Å². The topological polar surface area (TPSA) is 66.3 Å². The van der Waals surface area contributed by atoms with E-state index in [-0.39, 0.29) is 5.56 Å². The van der Waals surface area contributed by atoms with Gasteiger partial charge in [0.25, 0.3) is 0 Å². The Balaban J connectivity index is 2.87. The van der Waals surface area contributed by atoms with Crippen LogP contribution in [0.4, 0.5) is 5.82 Å². The molecule has 0 aromatic carbocycles. The molecule has 15 heavy (non-hydrogen) atoms. The lowest BCUT2D eigenvalue weighted by Gasteiger charge is -2.18. The van der Waals surface area contributed by atoms with Crippen molar-refractivity contribution in [2.24, 2.45) is 0 Å². The van der Waals surface area contributed by atoms with Crippen molar-refractivity contribution < 1.29 is 9.90 Å². The normalized spacial score (nSPS) is 10.0. The maximum Gasteiger partial charge on any atom is 0.341 e. The van der Waals surface area contributed by atoms with Crippen molar-refractivity contribution in [1.29, 1.82) is 0 Å². The Morgan fingerprint density at radius 2 is 2.33 bits per heavy atom. The van der Waals surface area contributed by atoms with Crippen molar-refractivity contribution in [2.45, 2.75) is 19.8 Å². The number of carbonyl (C=O) groups is 1. The molecular weight excluding hydrogens is 194 g/mol. The van der Waals surface area contributed by atoms with Gasteiger partial charge in [-0.05, 0) is 6.42 Å². The van der Waals surface area contributed by atoms with Crippen molar-refractivity contribution in [3.8, 4) is 0 Å². The highest BCUT2D eigenvalue weighted by Gasteiger charge is 2.14. The summed E-state index contributed by atoms with van der Waals surface area (Å²) in [5.74, 6) is -0.514. The molecule has 0 aliphatic rings. The van der Waals surface area contributed by atoms with Gasteiger partial charge in [0, 0.05) is 19.8 Å². The van der Waals surface area contributed by atoms with Crippen molar-refractivity contribution in [1.82, 2.24) is 9.97 Å². The van der Waals surface area contributed by atoms with Crippen LogP contribution in [0.2, 0.25) is 0 Å².